The normalized spacial score (nSPS) is 18.9. The summed E-state index contributed by atoms with van der Waals surface area (Å²) >= 11 is 8.10. The zero-order chi connectivity index (χ0) is 36.8. The molecule has 0 saturated heterocycles. The molecule has 0 radical (unpaired) electrons. The van der Waals surface area contributed by atoms with Crippen LogP contribution in [0.5, 0.6) is 17.2 Å². The van der Waals surface area contributed by atoms with Gasteiger partial charge in [-0.3, -0.25) is 23.7 Å². The van der Waals surface area contributed by atoms with Crippen LogP contribution in [-0.4, -0.2) is 64.8 Å². The molecule has 11 nitrogen and oxygen atoms in total. The van der Waals surface area contributed by atoms with Crippen LogP contribution in [0.4, 0.5) is 4.39 Å². The van der Waals surface area contributed by atoms with E-state index in [4.69, 9.17) is 25.8 Å². The predicted octanol–water partition coefficient (Wildman–Crippen LogP) is 5.96. The summed E-state index contributed by atoms with van der Waals surface area (Å²) < 4.78 is 32.4. The van der Waals surface area contributed by atoms with E-state index in [1.165, 1.54) is 48.7 Å². The Morgan fingerprint density at radius 3 is 2.53 bits per heavy atom. The molecule has 1 aromatic heterocycles. The number of Topliss-reactive ketones (excluding diaryl/α,β-unsaturated/α-hetero) is 2. The lowest BCUT2D eigenvalue weighted by atomic mass is 9.69. The van der Waals surface area contributed by atoms with Gasteiger partial charge in [0.15, 0.2) is 17.3 Å². The summed E-state index contributed by atoms with van der Waals surface area (Å²) in [4.78, 5) is 60.3. The molecule has 3 aromatic carbocycles. The molecule has 2 N–H and O–H groups in total. The smallest absolute Gasteiger partial charge is 0.261 e. The Labute approximate surface area is 301 Å². The number of amides is 1. The van der Waals surface area contributed by atoms with Gasteiger partial charge in [0.05, 0.1) is 25.1 Å². The van der Waals surface area contributed by atoms with Crippen molar-refractivity contribution in [2.24, 2.45) is 5.92 Å². The first-order valence-electron chi connectivity index (χ1n) is 16.1. The molecule has 6 rings (SSSR count). The maximum absolute atomic E-state index is 14.3. The highest BCUT2D eigenvalue weighted by Crippen LogP contribution is 2.55. The van der Waals surface area contributed by atoms with Gasteiger partial charge < -0.3 is 24.6 Å². The van der Waals surface area contributed by atoms with Crippen molar-refractivity contribution in [3.05, 3.63) is 98.0 Å². The number of thioether (sulfide) groups is 1. The number of hydrogen-bond acceptors (Lipinski definition) is 10. The number of nitrogens with one attached hydrogen (secondary N) is 1. The Hall–Kier alpha value is -4.88. The van der Waals surface area contributed by atoms with Crippen LogP contribution in [0.1, 0.15) is 47.4 Å². The second kappa shape index (κ2) is 14.0. The van der Waals surface area contributed by atoms with Gasteiger partial charge in [-0.25, -0.2) is 9.37 Å². The van der Waals surface area contributed by atoms with Crippen molar-refractivity contribution in [1.29, 1.82) is 0 Å². The van der Waals surface area contributed by atoms with Crippen molar-refractivity contribution in [3.8, 4) is 17.2 Å². The van der Waals surface area contributed by atoms with Gasteiger partial charge in [-0.1, -0.05) is 30.7 Å². The zero-order valence-electron chi connectivity index (χ0n) is 28.5. The van der Waals surface area contributed by atoms with Gasteiger partial charge in [0.25, 0.3) is 5.56 Å². The molecule has 51 heavy (non-hydrogen) atoms. The number of aryl methyl sites for hydroxylation is 1. The molecule has 1 unspecified atom stereocenters. The monoisotopic (exact) mass is 735 g/mol. The van der Waals surface area contributed by atoms with Gasteiger partial charge in [0, 0.05) is 54.3 Å². The number of aliphatic hydroxyl groups is 1. The fraction of sp³-hybridized carbons (Fsp3) is 0.324. The lowest BCUT2D eigenvalue weighted by Crippen LogP contribution is -2.53. The van der Waals surface area contributed by atoms with Crippen LogP contribution in [0.2, 0.25) is 5.02 Å². The highest BCUT2D eigenvalue weighted by atomic mass is 35.5. The average Bonchev–Trinajstić information content (AvgIpc) is 3.43. The molecular formula is C37H35ClFN3O8S. The SMILES string of the molecule is COc1cc(OC)c2c(c1Cl)O[C@]1(C2=O)C(O)=C(C(CC(=O)NCCn2c(C)nc3ccc(F)cc3c2=O)c2ccc(SC)cc2)C(=O)C[C@H]1C. The molecule has 0 bridgehead atoms. The summed E-state index contributed by atoms with van der Waals surface area (Å²) in [5.74, 6) is -3.90. The fourth-order valence-electron chi connectivity index (χ4n) is 6.89. The first-order chi connectivity index (χ1) is 24.4. The average molecular weight is 736 g/mol. The van der Waals surface area contributed by atoms with Crippen molar-refractivity contribution in [3.63, 3.8) is 0 Å². The summed E-state index contributed by atoms with van der Waals surface area (Å²) in [7, 11) is 2.77. The first kappa shape index (κ1) is 35.9. The van der Waals surface area contributed by atoms with Crippen LogP contribution in [0, 0.1) is 18.7 Å². The summed E-state index contributed by atoms with van der Waals surface area (Å²) in [6.07, 6.45) is 1.45. The van der Waals surface area contributed by atoms with E-state index in [9.17, 15) is 28.7 Å². The van der Waals surface area contributed by atoms with E-state index in [0.717, 1.165) is 11.0 Å². The zero-order valence-corrected chi connectivity index (χ0v) is 30.0. The van der Waals surface area contributed by atoms with Crippen LogP contribution in [0.3, 0.4) is 0 Å². The number of carbonyl (C=O) groups is 3. The number of ketones is 2. The number of benzene rings is 3. The van der Waals surface area contributed by atoms with Crippen LogP contribution >= 0.6 is 23.4 Å². The lowest BCUT2D eigenvalue weighted by molar-refractivity contribution is -0.121. The summed E-state index contributed by atoms with van der Waals surface area (Å²) in [6.45, 7) is 3.33. The highest BCUT2D eigenvalue weighted by molar-refractivity contribution is 7.98. The number of aliphatic hydroxyl groups excluding tert-OH is 1. The third-order valence-corrected chi connectivity index (χ3v) is 10.6. The number of nitrogens with zero attached hydrogens (tertiary/aromatic N) is 2. The third kappa shape index (κ3) is 6.12. The first-order valence-corrected chi connectivity index (χ1v) is 17.7. The second-order valence-corrected chi connectivity index (χ2v) is 13.7. The summed E-state index contributed by atoms with van der Waals surface area (Å²) in [5.41, 5.74) is -1.68. The number of rotatable bonds is 10. The van der Waals surface area contributed by atoms with Gasteiger partial charge in [0.2, 0.25) is 17.3 Å². The maximum atomic E-state index is 14.3. The molecule has 3 atom stereocenters. The van der Waals surface area contributed by atoms with E-state index in [1.54, 1.807) is 26.0 Å². The van der Waals surface area contributed by atoms with E-state index in [1.807, 2.05) is 18.4 Å². The van der Waals surface area contributed by atoms with E-state index in [0.29, 0.717) is 16.9 Å². The van der Waals surface area contributed by atoms with E-state index < -0.39 is 52.0 Å². The minimum absolute atomic E-state index is 0.00153. The molecule has 1 spiro atoms. The molecule has 14 heteroatoms. The Morgan fingerprint density at radius 2 is 1.86 bits per heavy atom. The third-order valence-electron chi connectivity index (χ3n) is 9.53. The number of aromatic nitrogens is 2. The molecular weight excluding hydrogens is 701 g/mol. The molecule has 2 aliphatic rings. The Morgan fingerprint density at radius 1 is 1.16 bits per heavy atom. The van der Waals surface area contributed by atoms with Crippen LogP contribution in [-0.2, 0) is 16.1 Å². The minimum Gasteiger partial charge on any atom is -0.507 e. The van der Waals surface area contributed by atoms with Gasteiger partial charge in [-0.2, -0.15) is 0 Å². The number of allylic oxidation sites excluding steroid dienone is 1. The maximum Gasteiger partial charge on any atom is 0.261 e. The second-order valence-electron chi connectivity index (χ2n) is 12.4. The van der Waals surface area contributed by atoms with E-state index in [-0.39, 0.29) is 64.7 Å². The van der Waals surface area contributed by atoms with Crippen molar-refractivity contribution in [2.75, 3.05) is 27.0 Å². The van der Waals surface area contributed by atoms with Crippen LogP contribution in [0.25, 0.3) is 10.9 Å². The molecule has 1 aliphatic carbocycles. The summed E-state index contributed by atoms with van der Waals surface area (Å²) in [5, 5.41) is 15.0. The van der Waals surface area contributed by atoms with Crippen LogP contribution < -0.4 is 25.1 Å². The van der Waals surface area contributed by atoms with Gasteiger partial charge in [-0.15, -0.1) is 11.8 Å². The van der Waals surface area contributed by atoms with Crippen molar-refractivity contribution < 1.29 is 38.1 Å². The lowest BCUT2D eigenvalue weighted by Gasteiger charge is -2.38. The standard InChI is InChI=1S/C37H35ClFN3O8S/c1-18-14-26(43)30(34(45)37(18)35(46)31-27(48-3)17-28(49-4)32(38)33(31)50-37)23(20-6-9-22(51-5)10-7-20)16-29(44)40-12-13-42-19(2)41-25-11-8-21(39)15-24(25)36(42)47/h6-11,15,17-18,23,45H,12-14,16H2,1-5H3,(H,40,44)/t18-,23?,37+/m1/s1. The Kier molecular flexibility index (Phi) is 9.88. The topological polar surface area (TPSA) is 146 Å². The largest absolute Gasteiger partial charge is 0.507 e. The minimum atomic E-state index is -2.02. The fourth-order valence-corrected chi connectivity index (χ4v) is 7.57. The number of ether oxygens (including phenoxy) is 3. The van der Waals surface area contributed by atoms with Gasteiger partial charge >= 0.3 is 0 Å². The van der Waals surface area contributed by atoms with Crippen molar-refractivity contribution in [2.45, 2.75) is 49.6 Å². The summed E-state index contributed by atoms with van der Waals surface area (Å²) in [6, 6.07) is 12.4. The van der Waals surface area contributed by atoms with E-state index in [2.05, 4.69) is 10.3 Å². The molecule has 1 amide bonds. The molecule has 2 heterocycles. The van der Waals surface area contributed by atoms with Crippen LogP contribution in [0.15, 0.2) is 69.6 Å². The molecule has 0 saturated carbocycles. The predicted molar refractivity (Wildman–Crippen MR) is 190 cm³/mol. The van der Waals surface area contributed by atoms with Gasteiger partial charge in [0.1, 0.15) is 33.7 Å². The number of hydrogen-bond donors (Lipinski definition) is 2. The number of fused-ring (bicyclic) bond motifs is 2. The molecule has 4 aromatic rings. The Balaban J connectivity index is 1.35. The van der Waals surface area contributed by atoms with Gasteiger partial charge in [-0.05, 0) is 49.1 Å². The van der Waals surface area contributed by atoms with E-state index >= 15 is 0 Å². The quantitative estimate of drug-likeness (QED) is 0.187. The number of halogens is 2. The van der Waals surface area contributed by atoms with Crippen molar-refractivity contribution in [1.82, 2.24) is 14.9 Å². The number of carbonyl (C=O) groups excluding carboxylic acids is 3. The highest BCUT2D eigenvalue weighted by Gasteiger charge is 2.61. The Bertz CT molecular complexity index is 2190. The molecule has 266 valence electrons. The molecule has 1 aliphatic heterocycles. The number of methoxy groups -OCH3 is 2. The molecule has 0 fully saturated rings. The van der Waals surface area contributed by atoms with Crippen molar-refractivity contribution >= 4 is 51.7 Å².